The second kappa shape index (κ2) is 8.44. The minimum absolute atomic E-state index is 0.228. The van der Waals surface area contributed by atoms with Crippen molar-refractivity contribution < 1.29 is 0 Å². The lowest BCUT2D eigenvalue weighted by Gasteiger charge is -2.25. The number of halogens is 1. The van der Waals surface area contributed by atoms with Crippen LogP contribution in [0.5, 0.6) is 0 Å². The lowest BCUT2D eigenvalue weighted by Crippen LogP contribution is -2.44. The number of aromatic nitrogens is 2. The van der Waals surface area contributed by atoms with Gasteiger partial charge >= 0.3 is 0 Å². The average molecular weight is 433 g/mol. The molecular weight excluding hydrogens is 404 g/mol. The Morgan fingerprint density at radius 1 is 1.37 bits per heavy atom. The fourth-order valence-corrected chi connectivity index (χ4v) is 3.81. The predicted molar refractivity (Wildman–Crippen MR) is 114 cm³/mol. The second-order valence-corrected chi connectivity index (χ2v) is 8.44. The third-order valence-electron chi connectivity index (χ3n) is 5.30. The second-order valence-electron chi connectivity index (χ2n) is 7.52. The maximum absolute atomic E-state index is 4.41. The summed E-state index contributed by atoms with van der Waals surface area (Å²) in [5.41, 5.74) is 2.81. The number of rotatable bonds is 7. The first-order chi connectivity index (χ1) is 12.9. The van der Waals surface area contributed by atoms with Crippen molar-refractivity contribution in [2.75, 3.05) is 34.2 Å². The molecule has 0 saturated heterocycles. The zero-order valence-electron chi connectivity index (χ0n) is 16.5. The van der Waals surface area contributed by atoms with E-state index in [4.69, 9.17) is 0 Å². The minimum atomic E-state index is 0.228. The highest BCUT2D eigenvalue weighted by atomic mass is 79.9. The molecule has 0 radical (unpaired) electrons. The molecular formula is C20H29BrN6. The number of hydrogen-bond donors (Lipinski definition) is 2. The van der Waals surface area contributed by atoms with Gasteiger partial charge in [-0.3, -0.25) is 9.67 Å². The molecule has 1 heterocycles. The van der Waals surface area contributed by atoms with Crippen molar-refractivity contribution in [2.45, 2.75) is 24.3 Å². The Morgan fingerprint density at radius 3 is 2.70 bits per heavy atom. The zero-order valence-corrected chi connectivity index (χ0v) is 18.1. The largest absolute Gasteiger partial charge is 0.356 e. The summed E-state index contributed by atoms with van der Waals surface area (Å²) in [4.78, 5) is 6.60. The molecule has 0 amide bonds. The molecule has 1 aliphatic rings. The van der Waals surface area contributed by atoms with Gasteiger partial charge in [0.05, 0.1) is 12.2 Å². The van der Waals surface area contributed by atoms with E-state index in [9.17, 15) is 0 Å². The first kappa shape index (κ1) is 19.9. The Bertz CT molecular complexity index is 793. The Hall–Kier alpha value is -1.86. The topological polar surface area (TPSA) is 57.5 Å². The first-order valence-corrected chi connectivity index (χ1v) is 10.1. The first-order valence-electron chi connectivity index (χ1n) is 9.29. The van der Waals surface area contributed by atoms with Gasteiger partial charge < -0.3 is 15.5 Å². The monoisotopic (exact) mass is 432 g/mol. The molecule has 1 aromatic heterocycles. The van der Waals surface area contributed by atoms with Crippen LogP contribution in [0.25, 0.3) is 0 Å². The summed E-state index contributed by atoms with van der Waals surface area (Å²) in [5.74, 6) is 0.840. The lowest BCUT2D eigenvalue weighted by atomic mass is 9.96. The maximum Gasteiger partial charge on any atom is 0.191 e. The highest BCUT2D eigenvalue weighted by Gasteiger charge is 2.44. The normalized spacial score (nSPS) is 17.0. The number of aryl methyl sites for hydroxylation is 1. The molecule has 0 spiro atoms. The Morgan fingerprint density at radius 2 is 2.15 bits per heavy atom. The summed E-state index contributed by atoms with van der Waals surface area (Å²) in [7, 11) is 7.94. The molecule has 3 rings (SSSR count). The van der Waals surface area contributed by atoms with E-state index in [-0.39, 0.29) is 11.5 Å². The Balaban J connectivity index is 1.58. The summed E-state index contributed by atoms with van der Waals surface area (Å²) in [6.45, 7) is 1.66. The number of hydrogen-bond acceptors (Lipinski definition) is 3. The van der Waals surface area contributed by atoms with Gasteiger partial charge in [-0.15, -0.1) is 0 Å². The van der Waals surface area contributed by atoms with Crippen molar-refractivity contribution >= 4 is 21.9 Å². The van der Waals surface area contributed by atoms with Crippen LogP contribution in [0.15, 0.2) is 46.1 Å². The van der Waals surface area contributed by atoms with Gasteiger partial charge in [-0.05, 0) is 44.6 Å². The summed E-state index contributed by atoms with van der Waals surface area (Å²) in [5, 5.41) is 11.3. The smallest absolute Gasteiger partial charge is 0.191 e. The molecule has 27 heavy (non-hydrogen) atoms. The highest BCUT2D eigenvalue weighted by molar-refractivity contribution is 9.10. The molecule has 146 valence electrons. The van der Waals surface area contributed by atoms with E-state index >= 15 is 0 Å². The number of nitrogens with one attached hydrogen (secondary N) is 2. The van der Waals surface area contributed by atoms with Gasteiger partial charge in [-0.25, -0.2) is 0 Å². The number of nitrogens with zero attached hydrogens (tertiary/aromatic N) is 4. The van der Waals surface area contributed by atoms with Gasteiger partial charge in [-0.1, -0.05) is 28.1 Å². The molecule has 1 atom stereocenters. The van der Waals surface area contributed by atoms with Crippen LogP contribution < -0.4 is 10.6 Å². The number of guanidine groups is 1. The van der Waals surface area contributed by atoms with E-state index in [1.807, 2.05) is 25.0 Å². The van der Waals surface area contributed by atoms with E-state index in [2.05, 4.69) is 86.1 Å². The number of likely N-dealkylation sites (N-methyl/N-ethyl adjacent to an activating group) is 1. The van der Waals surface area contributed by atoms with Gasteiger partial charge in [-0.2, -0.15) is 5.10 Å². The van der Waals surface area contributed by atoms with Crippen molar-refractivity contribution in [1.29, 1.82) is 0 Å². The molecule has 1 saturated carbocycles. The van der Waals surface area contributed by atoms with Crippen LogP contribution in [0.2, 0.25) is 0 Å². The van der Waals surface area contributed by atoms with Crippen LogP contribution in [-0.4, -0.2) is 54.9 Å². The average Bonchev–Trinajstić information content (AvgIpc) is 3.32. The Labute approximate surface area is 170 Å². The molecule has 2 aromatic rings. The molecule has 6 nitrogen and oxygen atoms in total. The van der Waals surface area contributed by atoms with Crippen LogP contribution in [0.1, 0.15) is 30.0 Å². The van der Waals surface area contributed by atoms with E-state index < -0.39 is 0 Å². The molecule has 1 fully saturated rings. The van der Waals surface area contributed by atoms with E-state index in [1.165, 1.54) is 24.0 Å². The quantitative estimate of drug-likeness (QED) is 0.521. The zero-order chi connectivity index (χ0) is 19.4. The van der Waals surface area contributed by atoms with Crippen molar-refractivity contribution in [3.05, 3.63) is 52.3 Å². The van der Waals surface area contributed by atoms with Crippen molar-refractivity contribution in [3.63, 3.8) is 0 Å². The van der Waals surface area contributed by atoms with Gasteiger partial charge in [0.15, 0.2) is 5.96 Å². The Kier molecular flexibility index (Phi) is 6.22. The van der Waals surface area contributed by atoms with Crippen LogP contribution >= 0.6 is 15.9 Å². The lowest BCUT2D eigenvalue weighted by molar-refractivity contribution is 0.298. The van der Waals surface area contributed by atoms with E-state index in [0.29, 0.717) is 0 Å². The summed E-state index contributed by atoms with van der Waals surface area (Å²) < 4.78 is 2.98. The number of benzene rings is 1. The molecule has 0 aliphatic heterocycles. The van der Waals surface area contributed by atoms with Gasteiger partial charge in [0, 0.05) is 48.8 Å². The number of aliphatic imine (C=N–C) groups is 1. The molecule has 0 bridgehead atoms. The maximum atomic E-state index is 4.41. The fraction of sp³-hybridized carbons (Fsp3) is 0.500. The standard InChI is InChI=1S/C20H29BrN6/c1-22-19(23-12-18(26(2)3)15-11-25-27(4)13-15)24-14-20(8-9-20)16-6-5-7-17(21)10-16/h5-7,10-11,13,18H,8-9,12,14H2,1-4H3,(H2,22,23,24). The third-order valence-corrected chi connectivity index (χ3v) is 5.80. The van der Waals surface area contributed by atoms with Crippen LogP contribution in [0, 0.1) is 0 Å². The van der Waals surface area contributed by atoms with Crippen molar-refractivity contribution in [1.82, 2.24) is 25.3 Å². The van der Waals surface area contributed by atoms with E-state index in [0.717, 1.165) is 23.5 Å². The van der Waals surface area contributed by atoms with Crippen LogP contribution in [-0.2, 0) is 12.5 Å². The fourth-order valence-electron chi connectivity index (χ4n) is 3.41. The van der Waals surface area contributed by atoms with Gasteiger partial charge in [0.1, 0.15) is 0 Å². The summed E-state index contributed by atoms with van der Waals surface area (Å²) in [6, 6.07) is 8.88. The highest BCUT2D eigenvalue weighted by Crippen LogP contribution is 2.48. The van der Waals surface area contributed by atoms with Crippen molar-refractivity contribution in [2.24, 2.45) is 12.0 Å². The third kappa shape index (κ3) is 4.90. The summed E-state index contributed by atoms with van der Waals surface area (Å²) in [6.07, 6.45) is 6.41. The van der Waals surface area contributed by atoms with Crippen molar-refractivity contribution in [3.8, 4) is 0 Å². The molecule has 7 heteroatoms. The van der Waals surface area contributed by atoms with E-state index in [1.54, 1.807) is 0 Å². The van der Waals surface area contributed by atoms with Crippen LogP contribution in [0.3, 0.4) is 0 Å². The van der Waals surface area contributed by atoms with Crippen LogP contribution in [0.4, 0.5) is 0 Å². The predicted octanol–water partition coefficient (Wildman–Crippen LogP) is 2.68. The molecule has 2 N–H and O–H groups in total. The van der Waals surface area contributed by atoms with Gasteiger partial charge in [0.25, 0.3) is 0 Å². The van der Waals surface area contributed by atoms with Gasteiger partial charge in [0.2, 0.25) is 0 Å². The molecule has 1 aromatic carbocycles. The molecule has 1 unspecified atom stereocenters. The summed E-state index contributed by atoms with van der Waals surface area (Å²) >= 11 is 3.59. The molecule has 1 aliphatic carbocycles. The SMILES string of the molecule is CN=C(NCC(c1cnn(C)c1)N(C)C)NCC1(c2cccc(Br)c2)CC1. The minimum Gasteiger partial charge on any atom is -0.356 e.